The molecule has 0 aliphatic carbocycles. The van der Waals surface area contributed by atoms with Crippen LogP contribution < -0.4 is 25.4 Å². The minimum Gasteiger partial charge on any atom is -0.497 e. The number of methoxy groups -OCH3 is 2. The number of rotatable bonds is 6. The van der Waals surface area contributed by atoms with Crippen LogP contribution in [0.1, 0.15) is 25.3 Å². The van der Waals surface area contributed by atoms with E-state index in [4.69, 9.17) is 15.2 Å². The number of ether oxygens (including phenoxy) is 2. The number of hydrogen-bond acceptors (Lipinski definition) is 5. The van der Waals surface area contributed by atoms with Gasteiger partial charge in [0.25, 0.3) is 0 Å². The molecule has 1 aromatic carbocycles. The average molecular weight is 383 g/mol. The normalized spacial score (nSPS) is 15.4. The number of nitrogens with zero attached hydrogens (tertiary/aromatic N) is 3. The standard InChI is InChI=1S/C21H29N5O2/c1-15-8-10-26(11-9-15)20-7-4-16(13-23-20)14-24-21(22)25-18-12-17(27-2)5-6-19(18)28-3/h4-7,12-13,15H,8-11,14H2,1-3H3,(H3,22,24,25). The summed E-state index contributed by atoms with van der Waals surface area (Å²) in [6.07, 6.45) is 4.32. The second-order valence-corrected chi connectivity index (χ2v) is 7.09. The molecule has 1 aromatic heterocycles. The number of nitrogens with two attached hydrogens (primary N) is 1. The third-order valence-electron chi connectivity index (χ3n) is 5.02. The number of nitrogens with one attached hydrogen (secondary N) is 1. The SMILES string of the molecule is COc1ccc(OC)c(NC(N)=NCc2ccc(N3CCC(C)CC3)nc2)c1. The molecule has 7 heteroatoms. The summed E-state index contributed by atoms with van der Waals surface area (Å²) in [7, 11) is 3.22. The quantitative estimate of drug-likeness (QED) is 0.588. The second-order valence-electron chi connectivity index (χ2n) is 7.09. The number of hydrogen-bond donors (Lipinski definition) is 2. The smallest absolute Gasteiger partial charge is 0.193 e. The molecule has 0 saturated carbocycles. The van der Waals surface area contributed by atoms with E-state index in [0.717, 1.165) is 30.4 Å². The minimum absolute atomic E-state index is 0.306. The third-order valence-corrected chi connectivity index (χ3v) is 5.02. The van der Waals surface area contributed by atoms with Gasteiger partial charge in [0.1, 0.15) is 17.3 Å². The number of aromatic nitrogens is 1. The molecule has 2 aromatic rings. The predicted octanol–water partition coefficient (Wildman–Crippen LogP) is 3.26. The van der Waals surface area contributed by atoms with Gasteiger partial charge in [0.05, 0.1) is 26.5 Å². The molecule has 3 rings (SSSR count). The average Bonchev–Trinajstić information content (AvgIpc) is 2.73. The second kappa shape index (κ2) is 9.30. The van der Waals surface area contributed by atoms with Crippen molar-refractivity contribution in [2.45, 2.75) is 26.3 Å². The molecule has 0 radical (unpaired) electrons. The zero-order valence-corrected chi connectivity index (χ0v) is 16.8. The molecule has 150 valence electrons. The lowest BCUT2D eigenvalue weighted by molar-refractivity contribution is 0.405. The Bertz CT molecular complexity index is 799. The van der Waals surface area contributed by atoms with Gasteiger partial charge in [0, 0.05) is 25.4 Å². The van der Waals surface area contributed by atoms with E-state index in [1.807, 2.05) is 24.4 Å². The number of anilines is 2. The minimum atomic E-state index is 0.306. The van der Waals surface area contributed by atoms with Gasteiger partial charge in [-0.3, -0.25) is 0 Å². The summed E-state index contributed by atoms with van der Waals surface area (Å²) in [5, 5.41) is 3.07. The molecule has 0 unspecified atom stereocenters. The van der Waals surface area contributed by atoms with Crippen molar-refractivity contribution in [1.29, 1.82) is 0 Å². The van der Waals surface area contributed by atoms with Gasteiger partial charge in [-0.25, -0.2) is 9.98 Å². The van der Waals surface area contributed by atoms with Gasteiger partial charge < -0.3 is 25.4 Å². The van der Waals surface area contributed by atoms with Crippen molar-refractivity contribution in [3.8, 4) is 11.5 Å². The summed E-state index contributed by atoms with van der Waals surface area (Å²) in [5.74, 6) is 3.53. The molecule has 3 N–H and O–H groups in total. The Morgan fingerprint density at radius 2 is 2.00 bits per heavy atom. The van der Waals surface area contributed by atoms with Crippen LogP contribution in [0.4, 0.5) is 11.5 Å². The summed E-state index contributed by atoms with van der Waals surface area (Å²) >= 11 is 0. The lowest BCUT2D eigenvalue weighted by Gasteiger charge is -2.31. The fourth-order valence-corrected chi connectivity index (χ4v) is 3.20. The van der Waals surface area contributed by atoms with Crippen molar-refractivity contribution in [3.05, 3.63) is 42.1 Å². The lowest BCUT2D eigenvalue weighted by Crippen LogP contribution is -2.33. The van der Waals surface area contributed by atoms with Crippen LogP contribution in [0.25, 0.3) is 0 Å². The number of piperidine rings is 1. The fraction of sp³-hybridized carbons (Fsp3) is 0.429. The monoisotopic (exact) mass is 383 g/mol. The highest BCUT2D eigenvalue weighted by molar-refractivity contribution is 5.94. The molecule has 0 amide bonds. The largest absolute Gasteiger partial charge is 0.497 e. The Labute approximate surface area is 166 Å². The van der Waals surface area contributed by atoms with Gasteiger partial charge in [0.15, 0.2) is 5.96 Å². The van der Waals surface area contributed by atoms with Gasteiger partial charge in [-0.15, -0.1) is 0 Å². The van der Waals surface area contributed by atoms with Crippen molar-refractivity contribution < 1.29 is 9.47 Å². The molecule has 2 heterocycles. The Kier molecular flexibility index (Phi) is 6.57. The van der Waals surface area contributed by atoms with E-state index in [9.17, 15) is 0 Å². The summed E-state index contributed by atoms with van der Waals surface area (Å²) in [5.41, 5.74) is 7.76. The molecule has 1 aliphatic heterocycles. The summed E-state index contributed by atoms with van der Waals surface area (Å²) in [4.78, 5) is 11.3. The molecule has 28 heavy (non-hydrogen) atoms. The Hall–Kier alpha value is -2.96. The molecule has 0 spiro atoms. The lowest BCUT2D eigenvalue weighted by atomic mass is 9.99. The molecular weight excluding hydrogens is 354 g/mol. The molecule has 1 aliphatic rings. The third kappa shape index (κ3) is 5.06. The maximum Gasteiger partial charge on any atom is 0.193 e. The first-order valence-corrected chi connectivity index (χ1v) is 9.58. The fourth-order valence-electron chi connectivity index (χ4n) is 3.20. The van der Waals surface area contributed by atoms with Crippen LogP contribution in [-0.4, -0.2) is 38.3 Å². The zero-order chi connectivity index (χ0) is 19.9. The number of benzene rings is 1. The van der Waals surface area contributed by atoms with Crippen LogP contribution in [0.15, 0.2) is 41.5 Å². The van der Waals surface area contributed by atoms with Gasteiger partial charge in [-0.2, -0.15) is 0 Å². The van der Waals surface area contributed by atoms with E-state index >= 15 is 0 Å². The van der Waals surface area contributed by atoms with Gasteiger partial charge >= 0.3 is 0 Å². The number of aliphatic imine (C=N–C) groups is 1. The van der Waals surface area contributed by atoms with Crippen LogP contribution in [-0.2, 0) is 6.54 Å². The van der Waals surface area contributed by atoms with E-state index in [2.05, 4.69) is 39.2 Å². The first-order valence-electron chi connectivity index (χ1n) is 9.58. The molecule has 7 nitrogen and oxygen atoms in total. The van der Waals surface area contributed by atoms with Gasteiger partial charge in [0.2, 0.25) is 0 Å². The first-order chi connectivity index (χ1) is 13.6. The zero-order valence-electron chi connectivity index (χ0n) is 16.8. The van der Waals surface area contributed by atoms with E-state index in [-0.39, 0.29) is 0 Å². The van der Waals surface area contributed by atoms with Crippen molar-refractivity contribution in [2.24, 2.45) is 16.6 Å². The highest BCUT2D eigenvalue weighted by Gasteiger charge is 2.16. The predicted molar refractivity (Wildman–Crippen MR) is 113 cm³/mol. The molecule has 0 bridgehead atoms. The van der Waals surface area contributed by atoms with E-state index in [0.29, 0.717) is 29.7 Å². The maximum atomic E-state index is 6.04. The molecular formula is C21H29N5O2. The van der Waals surface area contributed by atoms with Crippen LogP contribution in [0.3, 0.4) is 0 Å². The highest BCUT2D eigenvalue weighted by Crippen LogP contribution is 2.28. The number of pyridine rings is 1. The van der Waals surface area contributed by atoms with E-state index in [1.165, 1.54) is 12.8 Å². The Balaban J connectivity index is 1.60. The highest BCUT2D eigenvalue weighted by atomic mass is 16.5. The van der Waals surface area contributed by atoms with E-state index in [1.54, 1.807) is 14.2 Å². The molecule has 0 atom stereocenters. The first kappa shape index (κ1) is 19.8. The van der Waals surface area contributed by atoms with Crippen molar-refractivity contribution in [1.82, 2.24) is 4.98 Å². The summed E-state index contributed by atoms with van der Waals surface area (Å²) < 4.78 is 10.6. The van der Waals surface area contributed by atoms with Crippen LogP contribution in [0, 0.1) is 5.92 Å². The molecule has 1 saturated heterocycles. The molecule has 1 fully saturated rings. The Morgan fingerprint density at radius 3 is 2.64 bits per heavy atom. The Morgan fingerprint density at radius 1 is 1.21 bits per heavy atom. The van der Waals surface area contributed by atoms with Gasteiger partial charge in [-0.05, 0) is 42.5 Å². The summed E-state index contributed by atoms with van der Waals surface area (Å²) in [6.45, 7) is 4.91. The van der Waals surface area contributed by atoms with Crippen LogP contribution >= 0.6 is 0 Å². The maximum absolute atomic E-state index is 6.04. The van der Waals surface area contributed by atoms with Crippen LogP contribution in [0.2, 0.25) is 0 Å². The van der Waals surface area contributed by atoms with Crippen molar-refractivity contribution >= 4 is 17.5 Å². The summed E-state index contributed by atoms with van der Waals surface area (Å²) in [6, 6.07) is 9.59. The van der Waals surface area contributed by atoms with Crippen LogP contribution in [0.5, 0.6) is 11.5 Å². The van der Waals surface area contributed by atoms with E-state index < -0.39 is 0 Å². The van der Waals surface area contributed by atoms with Crippen molar-refractivity contribution in [3.63, 3.8) is 0 Å². The number of guanidine groups is 1. The topological polar surface area (TPSA) is 85.0 Å². The van der Waals surface area contributed by atoms with Crippen molar-refractivity contribution in [2.75, 3.05) is 37.5 Å². The van der Waals surface area contributed by atoms with Gasteiger partial charge in [-0.1, -0.05) is 13.0 Å².